The highest BCUT2D eigenvalue weighted by Gasteiger charge is 2.26. The Hall–Kier alpha value is -1.70. The summed E-state index contributed by atoms with van der Waals surface area (Å²) in [5.74, 6) is 5.38. The zero-order valence-corrected chi connectivity index (χ0v) is 9.32. The molecule has 1 aliphatic rings. The number of nitrogens with zero attached hydrogens (tertiary/aromatic N) is 1. The molecule has 1 aliphatic carbocycles. The number of hydrogen-bond acceptors (Lipinski definition) is 1. The normalized spacial score (nSPS) is 17.8. The molecule has 0 aromatic heterocycles. The van der Waals surface area contributed by atoms with Crippen molar-refractivity contribution in [3.05, 3.63) is 35.4 Å². The summed E-state index contributed by atoms with van der Waals surface area (Å²) >= 11 is 0. The fourth-order valence-corrected chi connectivity index (χ4v) is 2.42. The van der Waals surface area contributed by atoms with E-state index in [1.165, 1.54) is 11.1 Å². The van der Waals surface area contributed by atoms with E-state index >= 15 is 0 Å². The summed E-state index contributed by atoms with van der Waals surface area (Å²) in [4.78, 5) is 2.20. The molecule has 1 atom stereocenters. The van der Waals surface area contributed by atoms with Crippen LogP contribution in [-0.2, 0) is 6.42 Å². The molecular formula is C15H15N. The molecule has 0 N–H and O–H groups in total. The van der Waals surface area contributed by atoms with Crippen molar-refractivity contribution in [1.29, 1.82) is 0 Å². The maximum Gasteiger partial charge on any atom is 0.0613 e. The lowest BCUT2D eigenvalue weighted by Crippen LogP contribution is -2.28. The molecule has 0 saturated carbocycles. The lowest BCUT2D eigenvalue weighted by molar-refractivity contribution is 0.250. The predicted molar refractivity (Wildman–Crippen MR) is 66.7 cm³/mol. The monoisotopic (exact) mass is 209 g/mol. The van der Waals surface area contributed by atoms with E-state index in [1.54, 1.807) is 0 Å². The molecule has 1 heteroatoms. The molecule has 1 aromatic rings. The Balaban J connectivity index is 2.23. The van der Waals surface area contributed by atoms with Gasteiger partial charge in [-0.25, -0.2) is 0 Å². The third kappa shape index (κ3) is 1.96. The minimum Gasteiger partial charge on any atom is -0.274 e. The van der Waals surface area contributed by atoms with Crippen LogP contribution in [0.1, 0.15) is 23.6 Å². The van der Waals surface area contributed by atoms with E-state index in [2.05, 4.69) is 41.0 Å². The molecule has 0 aliphatic heterocycles. The molecular weight excluding hydrogens is 194 g/mol. The second-order valence-corrected chi connectivity index (χ2v) is 4.07. The summed E-state index contributed by atoms with van der Waals surface area (Å²) in [5, 5.41) is 0. The molecule has 1 aromatic carbocycles. The molecule has 0 radical (unpaired) electrons. The summed E-state index contributed by atoms with van der Waals surface area (Å²) in [7, 11) is 0. The summed E-state index contributed by atoms with van der Waals surface area (Å²) in [6, 6.07) is 8.96. The maximum atomic E-state index is 5.39. The van der Waals surface area contributed by atoms with Crippen LogP contribution < -0.4 is 0 Å². The summed E-state index contributed by atoms with van der Waals surface area (Å²) in [6.45, 7) is 1.26. The van der Waals surface area contributed by atoms with Gasteiger partial charge in [0, 0.05) is 6.04 Å². The van der Waals surface area contributed by atoms with Gasteiger partial charge in [0.1, 0.15) is 0 Å². The zero-order valence-electron chi connectivity index (χ0n) is 9.32. The van der Waals surface area contributed by atoms with E-state index in [0.29, 0.717) is 19.1 Å². The predicted octanol–water partition coefficient (Wildman–Crippen LogP) is 2.24. The number of hydrogen-bond donors (Lipinski definition) is 0. The second-order valence-electron chi connectivity index (χ2n) is 4.07. The second kappa shape index (κ2) is 4.88. The van der Waals surface area contributed by atoms with E-state index in [9.17, 15) is 0 Å². The van der Waals surface area contributed by atoms with Gasteiger partial charge in [-0.2, -0.15) is 0 Å². The third-order valence-electron chi connectivity index (χ3n) is 3.13. The van der Waals surface area contributed by atoms with Crippen LogP contribution in [-0.4, -0.2) is 18.0 Å². The first-order valence-electron chi connectivity index (χ1n) is 5.55. The van der Waals surface area contributed by atoms with Gasteiger partial charge < -0.3 is 0 Å². The van der Waals surface area contributed by atoms with Crippen LogP contribution in [0.25, 0.3) is 0 Å². The smallest absolute Gasteiger partial charge is 0.0613 e. The van der Waals surface area contributed by atoms with Crippen molar-refractivity contribution in [3.63, 3.8) is 0 Å². The van der Waals surface area contributed by atoms with E-state index in [4.69, 9.17) is 12.8 Å². The molecule has 0 bridgehead atoms. The minimum absolute atomic E-state index is 0.406. The number of fused-ring (bicyclic) bond motifs is 1. The molecule has 0 heterocycles. The average Bonchev–Trinajstić information content (AvgIpc) is 2.72. The molecule has 16 heavy (non-hydrogen) atoms. The molecule has 0 spiro atoms. The maximum absolute atomic E-state index is 5.39. The van der Waals surface area contributed by atoms with Crippen LogP contribution in [0.5, 0.6) is 0 Å². The number of rotatable bonds is 3. The van der Waals surface area contributed by atoms with Gasteiger partial charge in [0.2, 0.25) is 0 Å². The van der Waals surface area contributed by atoms with Crippen molar-refractivity contribution in [1.82, 2.24) is 4.90 Å². The number of benzene rings is 1. The Morgan fingerprint density at radius 2 is 1.88 bits per heavy atom. The van der Waals surface area contributed by atoms with Crippen molar-refractivity contribution >= 4 is 0 Å². The fourth-order valence-electron chi connectivity index (χ4n) is 2.42. The molecule has 2 rings (SSSR count). The summed E-state index contributed by atoms with van der Waals surface area (Å²) in [5.41, 5.74) is 2.83. The molecule has 1 unspecified atom stereocenters. The molecule has 0 saturated heterocycles. The highest BCUT2D eigenvalue weighted by Crippen LogP contribution is 2.35. The lowest BCUT2D eigenvalue weighted by Gasteiger charge is -2.25. The van der Waals surface area contributed by atoms with Gasteiger partial charge in [0.25, 0.3) is 0 Å². The first-order valence-corrected chi connectivity index (χ1v) is 5.55. The van der Waals surface area contributed by atoms with Crippen LogP contribution in [0.4, 0.5) is 0 Å². The first-order chi connectivity index (χ1) is 7.86. The molecule has 0 fully saturated rings. The Labute approximate surface area is 97.5 Å². The van der Waals surface area contributed by atoms with E-state index in [-0.39, 0.29) is 0 Å². The van der Waals surface area contributed by atoms with Crippen molar-refractivity contribution in [2.45, 2.75) is 18.9 Å². The van der Waals surface area contributed by atoms with Crippen LogP contribution in [0.2, 0.25) is 0 Å². The Morgan fingerprint density at radius 1 is 1.19 bits per heavy atom. The minimum atomic E-state index is 0.406. The van der Waals surface area contributed by atoms with Crippen molar-refractivity contribution in [2.75, 3.05) is 13.1 Å². The quantitative estimate of drug-likeness (QED) is 0.690. The standard InChI is InChI=1S/C15H15N/c1-3-11-16(12-4-2)15-10-9-13-7-5-6-8-14(13)15/h1-2,5-8,15H,9-12H2. The van der Waals surface area contributed by atoms with Gasteiger partial charge in [0.05, 0.1) is 13.1 Å². The van der Waals surface area contributed by atoms with Gasteiger partial charge in [-0.15, -0.1) is 12.8 Å². The Bertz CT molecular complexity index is 431. The lowest BCUT2D eigenvalue weighted by atomic mass is 10.1. The van der Waals surface area contributed by atoms with Gasteiger partial charge in [-0.3, -0.25) is 4.90 Å². The van der Waals surface area contributed by atoms with E-state index in [1.807, 2.05) is 0 Å². The number of aryl methyl sites for hydroxylation is 1. The first kappa shape index (κ1) is 10.8. The SMILES string of the molecule is C#CCN(CC#C)C1CCc2ccccc21. The van der Waals surface area contributed by atoms with Crippen LogP contribution >= 0.6 is 0 Å². The summed E-state index contributed by atoms with van der Waals surface area (Å²) in [6.07, 6.45) is 13.0. The highest BCUT2D eigenvalue weighted by atomic mass is 15.1. The topological polar surface area (TPSA) is 3.24 Å². The largest absolute Gasteiger partial charge is 0.274 e. The van der Waals surface area contributed by atoms with E-state index in [0.717, 1.165) is 12.8 Å². The molecule has 1 nitrogen and oxygen atoms in total. The fraction of sp³-hybridized carbons (Fsp3) is 0.333. The zero-order chi connectivity index (χ0) is 11.4. The van der Waals surface area contributed by atoms with Crippen LogP contribution in [0, 0.1) is 24.7 Å². The average molecular weight is 209 g/mol. The third-order valence-corrected chi connectivity index (χ3v) is 3.13. The Kier molecular flexibility index (Phi) is 3.30. The van der Waals surface area contributed by atoms with Gasteiger partial charge in [0.15, 0.2) is 0 Å². The highest BCUT2D eigenvalue weighted by molar-refractivity contribution is 5.34. The van der Waals surface area contributed by atoms with Gasteiger partial charge in [-0.1, -0.05) is 36.1 Å². The summed E-state index contributed by atoms with van der Waals surface area (Å²) < 4.78 is 0. The van der Waals surface area contributed by atoms with Crippen molar-refractivity contribution in [3.8, 4) is 24.7 Å². The van der Waals surface area contributed by atoms with Crippen LogP contribution in [0.3, 0.4) is 0 Å². The van der Waals surface area contributed by atoms with Gasteiger partial charge >= 0.3 is 0 Å². The van der Waals surface area contributed by atoms with Crippen molar-refractivity contribution < 1.29 is 0 Å². The molecule has 80 valence electrons. The Morgan fingerprint density at radius 3 is 2.56 bits per heavy atom. The number of terminal acetylenes is 2. The van der Waals surface area contributed by atoms with E-state index < -0.39 is 0 Å². The molecule has 0 amide bonds. The van der Waals surface area contributed by atoms with Crippen LogP contribution in [0.15, 0.2) is 24.3 Å². The van der Waals surface area contributed by atoms with Gasteiger partial charge in [-0.05, 0) is 24.0 Å². The van der Waals surface area contributed by atoms with Crippen molar-refractivity contribution in [2.24, 2.45) is 0 Å².